The number of benzene rings is 5. The highest BCUT2D eigenvalue weighted by Gasteiger charge is 2.52. The maximum atomic E-state index is 7.10. The molecule has 5 aromatic carbocycles. The predicted octanol–water partition coefficient (Wildman–Crippen LogP) is 10.7. The Morgan fingerprint density at radius 1 is 0.612 bits per heavy atom. The van der Waals surface area contributed by atoms with Gasteiger partial charge in [0, 0.05) is 38.9 Å². The Morgan fingerprint density at radius 3 is 2.10 bits per heavy atom. The van der Waals surface area contributed by atoms with E-state index in [9.17, 15) is 0 Å². The highest BCUT2D eigenvalue weighted by molar-refractivity contribution is 6.95. The Balaban J connectivity index is 1.35. The Bertz CT molecular complexity index is 2430. The summed E-state index contributed by atoms with van der Waals surface area (Å²) in [5.74, 6) is 0.939. The Labute approximate surface area is 290 Å². The minimum absolute atomic E-state index is 0.0419. The van der Waals surface area contributed by atoms with Crippen LogP contribution in [0.2, 0.25) is 0 Å². The fourth-order valence-electron chi connectivity index (χ4n) is 9.93. The number of anilines is 5. The lowest BCUT2D eigenvalue weighted by molar-refractivity contribution is 0.332. The molecule has 4 heteroatoms. The third-order valence-corrected chi connectivity index (χ3v) is 12.7. The molecule has 1 aliphatic carbocycles. The van der Waals surface area contributed by atoms with Crippen molar-refractivity contribution in [3.05, 3.63) is 124 Å². The topological polar surface area (TPSA) is 19.6 Å². The van der Waals surface area contributed by atoms with Crippen molar-refractivity contribution in [1.29, 1.82) is 0 Å². The smallest absolute Gasteiger partial charge is 0.337 e. The summed E-state index contributed by atoms with van der Waals surface area (Å²) in [7, 11) is 0. The highest BCUT2D eigenvalue weighted by Crippen LogP contribution is 2.57. The van der Waals surface area contributed by atoms with E-state index in [0.717, 1.165) is 11.5 Å². The number of aryl methyl sites for hydroxylation is 2. The standard InChI is InChI=1S/C45H43BN2O/c1-26-22-30-28-15-13-17-32-41(28)48(35-18-11-10-16-31(35)45(32,7)8)46-39(30)37(23-26)47(42-40(46)29-14-9-12-19-38(29)49-42)36-25-34-33(24-27(36)2)43(3,4)20-21-44(34,5)6/h9-19,22-25H,20-21H2,1-8H3. The summed E-state index contributed by atoms with van der Waals surface area (Å²) in [5.41, 5.74) is 19.6. The van der Waals surface area contributed by atoms with Crippen LogP contribution in [0.5, 0.6) is 0 Å². The molecule has 0 spiro atoms. The first kappa shape index (κ1) is 29.2. The van der Waals surface area contributed by atoms with Crippen molar-refractivity contribution in [3.8, 4) is 11.1 Å². The molecular weight excluding hydrogens is 595 g/mol. The maximum Gasteiger partial charge on any atom is 0.337 e. The van der Waals surface area contributed by atoms with E-state index < -0.39 is 0 Å². The van der Waals surface area contributed by atoms with E-state index >= 15 is 0 Å². The first-order valence-corrected chi connectivity index (χ1v) is 18.0. The molecule has 0 amide bonds. The average molecular weight is 639 g/mol. The van der Waals surface area contributed by atoms with Crippen molar-refractivity contribution in [2.24, 2.45) is 0 Å². The Hall–Kier alpha value is -4.70. The summed E-state index contributed by atoms with van der Waals surface area (Å²) < 4.78 is 7.10. The molecule has 0 bridgehead atoms. The molecule has 242 valence electrons. The maximum absolute atomic E-state index is 7.10. The van der Waals surface area contributed by atoms with Gasteiger partial charge in [-0.3, -0.25) is 4.90 Å². The molecule has 6 aromatic rings. The van der Waals surface area contributed by atoms with Gasteiger partial charge in [0.05, 0.1) is 5.69 Å². The van der Waals surface area contributed by atoms with Crippen molar-refractivity contribution in [2.45, 2.75) is 84.5 Å². The van der Waals surface area contributed by atoms with Gasteiger partial charge in [-0.25, -0.2) is 0 Å². The number of fused-ring (bicyclic) bond motifs is 9. The van der Waals surface area contributed by atoms with E-state index in [1.54, 1.807) is 0 Å². The van der Waals surface area contributed by atoms with Gasteiger partial charge in [-0.1, -0.05) is 108 Å². The van der Waals surface area contributed by atoms with E-state index in [1.807, 2.05) is 0 Å². The summed E-state index contributed by atoms with van der Waals surface area (Å²) in [6, 6.07) is 34.6. The molecule has 49 heavy (non-hydrogen) atoms. The van der Waals surface area contributed by atoms with Gasteiger partial charge in [0.1, 0.15) is 5.58 Å². The first-order valence-electron chi connectivity index (χ1n) is 18.0. The normalized spacial score (nSPS) is 18.4. The first-order chi connectivity index (χ1) is 23.4. The summed E-state index contributed by atoms with van der Waals surface area (Å²) in [6.07, 6.45) is 2.38. The molecule has 3 nitrogen and oxygen atoms in total. The van der Waals surface area contributed by atoms with E-state index in [-0.39, 0.29) is 23.1 Å². The van der Waals surface area contributed by atoms with Crippen LogP contribution in [0, 0.1) is 13.8 Å². The average Bonchev–Trinajstić information content (AvgIpc) is 3.46. The van der Waals surface area contributed by atoms with Crippen LogP contribution in [-0.2, 0) is 16.2 Å². The predicted molar refractivity (Wildman–Crippen MR) is 207 cm³/mol. The molecule has 4 aliphatic rings. The molecule has 3 aliphatic heterocycles. The Morgan fingerprint density at radius 2 is 1.31 bits per heavy atom. The summed E-state index contributed by atoms with van der Waals surface area (Å²) >= 11 is 0. The van der Waals surface area contributed by atoms with E-state index in [1.165, 1.54) is 96.4 Å². The quantitative estimate of drug-likeness (QED) is 0.167. The molecule has 0 radical (unpaired) electrons. The second-order valence-corrected chi connectivity index (χ2v) is 17.0. The van der Waals surface area contributed by atoms with Gasteiger partial charge in [-0.05, 0) is 106 Å². The molecule has 10 rings (SSSR count). The van der Waals surface area contributed by atoms with Crippen molar-refractivity contribution in [1.82, 2.24) is 0 Å². The second-order valence-electron chi connectivity index (χ2n) is 17.0. The van der Waals surface area contributed by atoms with Gasteiger partial charge < -0.3 is 9.23 Å². The summed E-state index contributed by atoms with van der Waals surface area (Å²) in [5, 5.41) is 1.19. The van der Waals surface area contributed by atoms with Crippen LogP contribution in [0.25, 0.3) is 22.1 Å². The zero-order valence-electron chi connectivity index (χ0n) is 30.0. The zero-order valence-corrected chi connectivity index (χ0v) is 30.0. The van der Waals surface area contributed by atoms with E-state index in [2.05, 4.69) is 156 Å². The van der Waals surface area contributed by atoms with Crippen LogP contribution in [-0.4, -0.2) is 6.85 Å². The fourth-order valence-corrected chi connectivity index (χ4v) is 9.93. The van der Waals surface area contributed by atoms with Gasteiger partial charge in [-0.2, -0.15) is 0 Å². The van der Waals surface area contributed by atoms with Crippen LogP contribution >= 0.6 is 0 Å². The zero-order chi connectivity index (χ0) is 33.8. The fraction of sp³-hybridized carbons (Fsp3) is 0.289. The number of para-hydroxylation sites is 3. The minimum atomic E-state index is -0.134. The number of hydrogen-bond acceptors (Lipinski definition) is 3. The molecule has 0 fully saturated rings. The lowest BCUT2D eigenvalue weighted by Gasteiger charge is -2.50. The van der Waals surface area contributed by atoms with Gasteiger partial charge >= 0.3 is 6.85 Å². The lowest BCUT2D eigenvalue weighted by Crippen LogP contribution is -2.62. The number of rotatable bonds is 1. The van der Waals surface area contributed by atoms with Gasteiger partial charge in [0.25, 0.3) is 0 Å². The van der Waals surface area contributed by atoms with Crippen molar-refractivity contribution < 1.29 is 4.42 Å². The molecule has 0 atom stereocenters. The highest BCUT2D eigenvalue weighted by atomic mass is 16.4. The molecular formula is C45H43BN2O. The minimum Gasteiger partial charge on any atom is -0.440 e. The van der Waals surface area contributed by atoms with Gasteiger partial charge in [-0.15, -0.1) is 0 Å². The SMILES string of the molecule is Cc1cc2c3c(c1)N(c1cc4c(cc1C)C(C)(C)CCC4(C)C)c1oc4ccccc4c1B3N1c3ccccc3C(C)(C)c3cccc-2c31. The Kier molecular flexibility index (Phi) is 5.55. The van der Waals surface area contributed by atoms with E-state index in [4.69, 9.17) is 4.42 Å². The largest absolute Gasteiger partial charge is 0.440 e. The van der Waals surface area contributed by atoms with Crippen LogP contribution in [0.15, 0.2) is 95.4 Å². The van der Waals surface area contributed by atoms with Crippen molar-refractivity contribution in [3.63, 3.8) is 0 Å². The van der Waals surface area contributed by atoms with Crippen molar-refractivity contribution in [2.75, 3.05) is 9.71 Å². The van der Waals surface area contributed by atoms with Gasteiger partial charge in [0.15, 0.2) is 0 Å². The monoisotopic (exact) mass is 638 g/mol. The summed E-state index contributed by atoms with van der Waals surface area (Å²) in [4.78, 5) is 5.15. The molecule has 0 N–H and O–H groups in total. The molecule has 1 aromatic heterocycles. The van der Waals surface area contributed by atoms with Crippen LogP contribution in [0.3, 0.4) is 0 Å². The lowest BCUT2D eigenvalue weighted by atomic mass is 9.42. The van der Waals surface area contributed by atoms with Crippen LogP contribution in [0.1, 0.15) is 87.8 Å². The number of hydrogen-bond donors (Lipinski definition) is 0. The number of nitrogens with zero attached hydrogens (tertiary/aromatic N) is 2. The summed E-state index contributed by atoms with van der Waals surface area (Å²) in [6.45, 7) is 19.0. The number of furan rings is 1. The molecule has 4 heterocycles. The van der Waals surface area contributed by atoms with Gasteiger partial charge in [0.2, 0.25) is 5.88 Å². The third kappa shape index (κ3) is 3.65. The molecule has 0 saturated heterocycles. The molecule has 0 saturated carbocycles. The molecule has 0 unspecified atom stereocenters. The van der Waals surface area contributed by atoms with Crippen LogP contribution < -0.4 is 20.6 Å². The van der Waals surface area contributed by atoms with Crippen LogP contribution in [0.4, 0.5) is 28.6 Å². The third-order valence-electron chi connectivity index (χ3n) is 12.7. The van der Waals surface area contributed by atoms with E-state index in [0.29, 0.717) is 0 Å². The second kappa shape index (κ2) is 9.30. The van der Waals surface area contributed by atoms with Crippen molar-refractivity contribution >= 4 is 57.4 Å².